The molecule has 5 heteroatoms. The van der Waals surface area contributed by atoms with Crippen molar-refractivity contribution in [2.75, 3.05) is 5.32 Å². The Morgan fingerprint density at radius 2 is 2.00 bits per heavy atom. The first-order valence-electron chi connectivity index (χ1n) is 8.24. The highest BCUT2D eigenvalue weighted by Gasteiger charge is 2.23. The number of nitrogens with one attached hydrogen (secondary N) is 2. The summed E-state index contributed by atoms with van der Waals surface area (Å²) < 4.78 is 13.4. The number of halogens is 1. The number of benzene rings is 1. The lowest BCUT2D eigenvalue weighted by molar-refractivity contribution is -0.115. The predicted molar refractivity (Wildman–Crippen MR) is 96.1 cm³/mol. The first-order valence-corrected chi connectivity index (χ1v) is 8.24. The molecule has 0 unspecified atom stereocenters. The van der Waals surface area contributed by atoms with Crippen LogP contribution in [0.2, 0.25) is 0 Å². The molecule has 0 spiro atoms. The lowest BCUT2D eigenvalue weighted by Gasteiger charge is -2.23. The van der Waals surface area contributed by atoms with E-state index in [2.05, 4.69) is 22.2 Å². The normalized spacial score (nSPS) is 14.4. The van der Waals surface area contributed by atoms with Crippen molar-refractivity contribution >= 4 is 11.5 Å². The number of carbonyl (C=O) groups is 1. The Labute approximate surface area is 146 Å². The van der Waals surface area contributed by atoms with E-state index in [1.165, 1.54) is 12.1 Å². The summed E-state index contributed by atoms with van der Waals surface area (Å²) in [6, 6.07) is 9.97. The van der Waals surface area contributed by atoms with Crippen LogP contribution in [0.5, 0.6) is 0 Å². The van der Waals surface area contributed by atoms with Gasteiger partial charge in [-0.25, -0.2) is 4.39 Å². The number of ketones is 1. The molecule has 1 aromatic carbocycles. The number of rotatable bonds is 6. The second-order valence-electron chi connectivity index (χ2n) is 5.95. The molecule has 0 saturated carbocycles. The lowest BCUT2D eigenvalue weighted by Crippen LogP contribution is -2.24. The molecule has 0 amide bonds. The maximum Gasteiger partial charge on any atom is 0.166 e. The van der Waals surface area contributed by atoms with Crippen LogP contribution in [0.15, 0.2) is 72.3 Å². The quantitative estimate of drug-likeness (QED) is 0.838. The van der Waals surface area contributed by atoms with Crippen LogP contribution < -0.4 is 10.6 Å². The molecule has 4 nitrogen and oxygen atoms in total. The van der Waals surface area contributed by atoms with Gasteiger partial charge in [0.25, 0.3) is 0 Å². The summed E-state index contributed by atoms with van der Waals surface area (Å²) in [5.41, 5.74) is 3.60. The minimum atomic E-state index is -0.335. The van der Waals surface area contributed by atoms with Crippen LogP contribution in [0.4, 0.5) is 10.1 Å². The maximum absolute atomic E-state index is 13.4. The fraction of sp³-hybridized carbons (Fsp3) is 0.200. The van der Waals surface area contributed by atoms with E-state index in [0.717, 1.165) is 24.1 Å². The van der Waals surface area contributed by atoms with Gasteiger partial charge in [0, 0.05) is 42.4 Å². The van der Waals surface area contributed by atoms with E-state index >= 15 is 0 Å². The van der Waals surface area contributed by atoms with Crippen LogP contribution >= 0.6 is 0 Å². The average Bonchev–Trinajstić information content (AvgIpc) is 2.61. The highest BCUT2D eigenvalue weighted by molar-refractivity contribution is 6.01. The molecule has 0 bridgehead atoms. The standard InChI is InChI=1S/C20H20FN3O/c1-14(24-17-5-2-4-16(21)12-17)20-18(6-3-7-19(20)25)23-13-15-8-10-22-11-9-15/h2,4-5,8-12,23-24H,1,3,6-7,13H2. The van der Waals surface area contributed by atoms with Gasteiger partial charge in [0.05, 0.1) is 5.57 Å². The minimum absolute atomic E-state index is 0.0531. The largest absolute Gasteiger partial charge is 0.384 e. The van der Waals surface area contributed by atoms with Crippen molar-refractivity contribution in [1.29, 1.82) is 0 Å². The summed E-state index contributed by atoms with van der Waals surface area (Å²) in [5, 5.41) is 6.40. The molecule has 1 aliphatic carbocycles. The molecule has 2 N–H and O–H groups in total. The van der Waals surface area contributed by atoms with Crippen LogP contribution in [-0.2, 0) is 11.3 Å². The van der Waals surface area contributed by atoms with Crippen molar-refractivity contribution in [3.05, 3.63) is 83.7 Å². The van der Waals surface area contributed by atoms with E-state index in [1.54, 1.807) is 24.5 Å². The van der Waals surface area contributed by atoms with E-state index < -0.39 is 0 Å². The van der Waals surface area contributed by atoms with Gasteiger partial charge in [-0.2, -0.15) is 0 Å². The molecule has 2 aromatic rings. The molecule has 1 aromatic heterocycles. The number of allylic oxidation sites excluding steroid dienone is 2. The zero-order valence-corrected chi connectivity index (χ0v) is 13.9. The molecule has 3 rings (SSSR count). The molecular formula is C20H20FN3O. The number of carbonyl (C=O) groups excluding carboxylic acids is 1. The molecule has 1 aliphatic rings. The van der Waals surface area contributed by atoms with Crippen molar-refractivity contribution in [2.45, 2.75) is 25.8 Å². The third-order valence-electron chi connectivity index (χ3n) is 4.09. The third-order valence-corrected chi connectivity index (χ3v) is 4.09. The molecule has 0 fully saturated rings. The second-order valence-corrected chi connectivity index (χ2v) is 5.95. The molecule has 0 radical (unpaired) electrons. The number of hydrogen-bond acceptors (Lipinski definition) is 4. The van der Waals surface area contributed by atoms with Gasteiger partial charge >= 0.3 is 0 Å². The van der Waals surface area contributed by atoms with Crippen LogP contribution in [0, 0.1) is 5.82 Å². The van der Waals surface area contributed by atoms with Gasteiger partial charge in [-0.15, -0.1) is 0 Å². The van der Waals surface area contributed by atoms with Crippen LogP contribution in [0.3, 0.4) is 0 Å². The summed E-state index contributed by atoms with van der Waals surface area (Å²) in [4.78, 5) is 16.4. The molecular weight excluding hydrogens is 317 g/mol. The van der Waals surface area contributed by atoms with Crippen molar-refractivity contribution in [3.63, 3.8) is 0 Å². The zero-order chi connectivity index (χ0) is 17.6. The van der Waals surface area contributed by atoms with Gasteiger partial charge < -0.3 is 10.6 Å². The highest BCUT2D eigenvalue weighted by atomic mass is 19.1. The Kier molecular flexibility index (Phi) is 5.23. The van der Waals surface area contributed by atoms with E-state index in [0.29, 0.717) is 29.9 Å². The number of hydrogen-bond donors (Lipinski definition) is 2. The monoisotopic (exact) mass is 337 g/mol. The summed E-state index contributed by atoms with van der Waals surface area (Å²) in [5.74, 6) is -0.282. The fourth-order valence-electron chi connectivity index (χ4n) is 2.88. The molecule has 0 saturated heterocycles. The SMILES string of the molecule is C=C(Nc1cccc(F)c1)C1=C(NCc2ccncc2)CCCC1=O. The first kappa shape index (κ1) is 16.9. The van der Waals surface area contributed by atoms with Crippen molar-refractivity contribution in [3.8, 4) is 0 Å². The Morgan fingerprint density at radius 1 is 1.20 bits per heavy atom. The molecule has 25 heavy (non-hydrogen) atoms. The van der Waals surface area contributed by atoms with Crippen molar-refractivity contribution in [2.24, 2.45) is 0 Å². The van der Waals surface area contributed by atoms with Gasteiger partial charge in [0.15, 0.2) is 5.78 Å². The Morgan fingerprint density at radius 3 is 2.76 bits per heavy atom. The van der Waals surface area contributed by atoms with Gasteiger partial charge in [-0.05, 0) is 48.7 Å². The Balaban J connectivity index is 1.79. The Bertz CT molecular complexity index is 815. The molecule has 128 valence electrons. The van der Waals surface area contributed by atoms with E-state index in [-0.39, 0.29) is 11.6 Å². The second kappa shape index (κ2) is 7.75. The number of pyridine rings is 1. The van der Waals surface area contributed by atoms with Gasteiger partial charge in [-0.1, -0.05) is 12.6 Å². The number of Topliss-reactive ketones (excluding diaryl/α,β-unsaturated/α-hetero) is 1. The number of anilines is 1. The zero-order valence-electron chi connectivity index (χ0n) is 13.9. The minimum Gasteiger partial charge on any atom is -0.384 e. The van der Waals surface area contributed by atoms with Crippen molar-refractivity contribution in [1.82, 2.24) is 10.3 Å². The maximum atomic E-state index is 13.4. The Hall–Kier alpha value is -2.95. The fourth-order valence-corrected chi connectivity index (χ4v) is 2.88. The number of aromatic nitrogens is 1. The van der Waals surface area contributed by atoms with Gasteiger partial charge in [-0.3, -0.25) is 9.78 Å². The van der Waals surface area contributed by atoms with E-state index in [4.69, 9.17) is 0 Å². The summed E-state index contributed by atoms with van der Waals surface area (Å²) in [6.07, 6.45) is 5.58. The summed E-state index contributed by atoms with van der Waals surface area (Å²) in [6.45, 7) is 4.61. The lowest BCUT2D eigenvalue weighted by atomic mass is 9.92. The molecule has 0 aliphatic heterocycles. The first-order chi connectivity index (χ1) is 12.1. The topological polar surface area (TPSA) is 54.0 Å². The molecule has 0 atom stereocenters. The smallest absolute Gasteiger partial charge is 0.166 e. The highest BCUT2D eigenvalue weighted by Crippen LogP contribution is 2.26. The van der Waals surface area contributed by atoms with Crippen LogP contribution in [0.25, 0.3) is 0 Å². The third kappa shape index (κ3) is 4.32. The summed E-state index contributed by atoms with van der Waals surface area (Å²) in [7, 11) is 0. The van der Waals surface area contributed by atoms with Gasteiger partial charge in [0.2, 0.25) is 0 Å². The van der Waals surface area contributed by atoms with E-state index in [9.17, 15) is 9.18 Å². The summed E-state index contributed by atoms with van der Waals surface area (Å²) >= 11 is 0. The van der Waals surface area contributed by atoms with Gasteiger partial charge in [0.1, 0.15) is 5.82 Å². The number of nitrogens with zero attached hydrogens (tertiary/aromatic N) is 1. The van der Waals surface area contributed by atoms with Crippen LogP contribution in [-0.4, -0.2) is 10.8 Å². The average molecular weight is 337 g/mol. The molecule has 1 heterocycles. The van der Waals surface area contributed by atoms with Crippen molar-refractivity contribution < 1.29 is 9.18 Å². The van der Waals surface area contributed by atoms with E-state index in [1.807, 2.05) is 12.1 Å². The predicted octanol–water partition coefficient (Wildman–Crippen LogP) is 3.94. The van der Waals surface area contributed by atoms with Crippen LogP contribution in [0.1, 0.15) is 24.8 Å².